The number of nitrogens with one attached hydrogen (secondary N) is 1. The third-order valence-corrected chi connectivity index (χ3v) is 8.67. The molecule has 4 heterocycles. The molecule has 3 aliphatic rings. The Morgan fingerprint density at radius 1 is 1.23 bits per heavy atom. The van der Waals surface area contributed by atoms with Crippen molar-refractivity contribution < 1.29 is 17.9 Å². The Hall–Kier alpha value is -1.59. The predicted molar refractivity (Wildman–Crippen MR) is 116 cm³/mol. The quantitative estimate of drug-likeness (QED) is 0.641. The number of amides is 1. The minimum absolute atomic E-state index is 0.00140. The Kier molecular flexibility index (Phi) is 7.22. The van der Waals surface area contributed by atoms with E-state index in [4.69, 9.17) is 10.5 Å². The molecule has 3 aliphatic heterocycles. The molecule has 0 radical (unpaired) electrons. The molecule has 1 aromatic rings. The van der Waals surface area contributed by atoms with Crippen molar-refractivity contribution in [3.63, 3.8) is 0 Å². The number of aromatic nitrogens is 1. The maximum atomic E-state index is 13.5. The van der Waals surface area contributed by atoms with Crippen molar-refractivity contribution >= 4 is 15.7 Å². The van der Waals surface area contributed by atoms with Crippen LogP contribution in [-0.4, -0.2) is 86.5 Å². The molecule has 9 nitrogen and oxygen atoms in total. The van der Waals surface area contributed by atoms with E-state index in [2.05, 4.69) is 15.2 Å². The van der Waals surface area contributed by atoms with Crippen molar-refractivity contribution in [2.24, 2.45) is 11.7 Å². The van der Waals surface area contributed by atoms with Gasteiger partial charge in [0.1, 0.15) is 5.37 Å². The SMILES string of the molecule is NCc1ccnc(S(=O)(=O)[C@@H]2CCCCN2C2CNCC(C(=O)N3CCOCC3)C2)c1. The first-order chi connectivity index (χ1) is 15.0. The summed E-state index contributed by atoms with van der Waals surface area (Å²) < 4.78 is 32.4. The van der Waals surface area contributed by atoms with Gasteiger partial charge in [-0.25, -0.2) is 13.4 Å². The minimum Gasteiger partial charge on any atom is -0.378 e. The van der Waals surface area contributed by atoms with Crippen LogP contribution >= 0.6 is 0 Å². The molecule has 4 rings (SSSR count). The zero-order valence-corrected chi connectivity index (χ0v) is 18.7. The highest BCUT2D eigenvalue weighted by Gasteiger charge is 2.42. The number of morpholine rings is 1. The fourth-order valence-corrected chi connectivity index (χ4v) is 6.86. The van der Waals surface area contributed by atoms with Crippen LogP contribution in [0.15, 0.2) is 23.4 Å². The van der Waals surface area contributed by atoms with Crippen molar-refractivity contribution in [1.82, 2.24) is 20.1 Å². The lowest BCUT2D eigenvalue weighted by molar-refractivity contribution is -0.141. The molecule has 1 aromatic heterocycles. The van der Waals surface area contributed by atoms with Gasteiger partial charge in [0, 0.05) is 45.0 Å². The molecule has 3 saturated heterocycles. The maximum Gasteiger partial charge on any atom is 0.227 e. The number of rotatable bonds is 5. The lowest BCUT2D eigenvalue weighted by Crippen LogP contribution is -2.58. The highest BCUT2D eigenvalue weighted by atomic mass is 32.2. The van der Waals surface area contributed by atoms with Crippen LogP contribution in [0.2, 0.25) is 0 Å². The summed E-state index contributed by atoms with van der Waals surface area (Å²) in [6, 6.07) is 3.33. The predicted octanol–water partition coefficient (Wildman–Crippen LogP) is -0.0371. The molecule has 3 fully saturated rings. The van der Waals surface area contributed by atoms with Gasteiger partial charge in [-0.2, -0.15) is 0 Å². The van der Waals surface area contributed by atoms with Gasteiger partial charge in [0.15, 0.2) is 5.03 Å². The maximum absolute atomic E-state index is 13.5. The summed E-state index contributed by atoms with van der Waals surface area (Å²) in [5.74, 6) is 0.00931. The summed E-state index contributed by atoms with van der Waals surface area (Å²) in [7, 11) is -3.63. The van der Waals surface area contributed by atoms with E-state index in [1.54, 1.807) is 12.1 Å². The van der Waals surface area contributed by atoms with Crippen LogP contribution in [0.3, 0.4) is 0 Å². The van der Waals surface area contributed by atoms with E-state index in [1.165, 1.54) is 6.20 Å². The fourth-order valence-electron chi connectivity index (χ4n) is 4.95. The third-order valence-electron chi connectivity index (χ3n) is 6.64. The number of nitrogens with zero attached hydrogens (tertiary/aromatic N) is 3. The topological polar surface area (TPSA) is 118 Å². The van der Waals surface area contributed by atoms with Crippen LogP contribution in [0.1, 0.15) is 31.2 Å². The number of nitrogens with two attached hydrogens (primary N) is 1. The number of ether oxygens (including phenoxy) is 1. The van der Waals surface area contributed by atoms with Gasteiger partial charge in [-0.1, -0.05) is 0 Å². The molecule has 0 aliphatic carbocycles. The van der Waals surface area contributed by atoms with Gasteiger partial charge in [0.25, 0.3) is 0 Å². The summed E-state index contributed by atoms with van der Waals surface area (Å²) in [6.45, 7) is 4.73. The van der Waals surface area contributed by atoms with E-state index in [-0.39, 0.29) is 29.4 Å². The third kappa shape index (κ3) is 4.93. The summed E-state index contributed by atoms with van der Waals surface area (Å²) in [5.41, 5.74) is 6.46. The Morgan fingerprint density at radius 3 is 2.81 bits per heavy atom. The molecule has 0 saturated carbocycles. The Labute approximate surface area is 184 Å². The van der Waals surface area contributed by atoms with Crippen LogP contribution in [0.25, 0.3) is 0 Å². The van der Waals surface area contributed by atoms with Crippen LogP contribution in [0, 0.1) is 5.92 Å². The number of carbonyl (C=O) groups excluding carboxylic acids is 1. The molecule has 1 amide bonds. The lowest BCUT2D eigenvalue weighted by Gasteiger charge is -2.44. The lowest BCUT2D eigenvalue weighted by atomic mass is 9.92. The Morgan fingerprint density at radius 2 is 2.03 bits per heavy atom. The summed E-state index contributed by atoms with van der Waals surface area (Å²) in [5, 5.41) is 2.86. The van der Waals surface area contributed by atoms with Crippen LogP contribution in [-0.2, 0) is 25.9 Å². The van der Waals surface area contributed by atoms with Crippen molar-refractivity contribution in [2.45, 2.75) is 48.7 Å². The average molecular weight is 452 g/mol. The molecule has 10 heteroatoms. The largest absolute Gasteiger partial charge is 0.378 e. The molecule has 172 valence electrons. The first-order valence-corrected chi connectivity index (χ1v) is 12.8. The van der Waals surface area contributed by atoms with E-state index in [0.717, 1.165) is 18.4 Å². The van der Waals surface area contributed by atoms with Gasteiger partial charge in [-0.3, -0.25) is 9.69 Å². The van der Waals surface area contributed by atoms with E-state index in [1.807, 2.05) is 4.90 Å². The summed E-state index contributed by atoms with van der Waals surface area (Å²) >= 11 is 0. The minimum atomic E-state index is -3.63. The second-order valence-corrected chi connectivity index (χ2v) is 10.7. The number of hydrogen-bond donors (Lipinski definition) is 2. The second kappa shape index (κ2) is 9.91. The highest BCUT2D eigenvalue weighted by Crippen LogP contribution is 2.31. The summed E-state index contributed by atoms with van der Waals surface area (Å²) in [6.07, 6.45) is 4.59. The van der Waals surface area contributed by atoms with Crippen LogP contribution < -0.4 is 11.1 Å². The van der Waals surface area contributed by atoms with Crippen LogP contribution in [0.4, 0.5) is 0 Å². The first kappa shape index (κ1) is 22.6. The standard InChI is InChI=1S/C21H33N5O4S/c22-13-16-4-5-24-19(11-16)31(28,29)20-3-1-2-6-26(20)18-12-17(14-23-15-18)21(27)25-7-9-30-10-8-25/h4-5,11,17-18,20,23H,1-3,6-10,12-15,22H2/t17?,18?,20-/m1/s1. The number of carbonyl (C=O) groups is 1. The molecule has 31 heavy (non-hydrogen) atoms. The van der Waals surface area contributed by atoms with Crippen molar-refractivity contribution in [3.05, 3.63) is 23.9 Å². The molecular formula is C21H33N5O4S. The highest BCUT2D eigenvalue weighted by molar-refractivity contribution is 7.91. The van der Waals surface area contributed by atoms with E-state index in [0.29, 0.717) is 58.8 Å². The van der Waals surface area contributed by atoms with Gasteiger partial charge in [-0.15, -0.1) is 0 Å². The number of pyridine rings is 1. The average Bonchev–Trinajstić information content (AvgIpc) is 2.84. The van der Waals surface area contributed by atoms with E-state index in [9.17, 15) is 13.2 Å². The van der Waals surface area contributed by atoms with E-state index >= 15 is 0 Å². The molecule has 0 spiro atoms. The van der Waals surface area contributed by atoms with Gasteiger partial charge in [-0.05, 0) is 49.9 Å². The van der Waals surface area contributed by atoms with Gasteiger partial charge in [0.05, 0.1) is 19.1 Å². The fraction of sp³-hybridized carbons (Fsp3) is 0.714. The van der Waals surface area contributed by atoms with Crippen LogP contribution in [0.5, 0.6) is 0 Å². The summed E-state index contributed by atoms with van der Waals surface area (Å²) in [4.78, 5) is 21.2. The molecule has 3 atom stereocenters. The van der Waals surface area contributed by atoms with Gasteiger partial charge in [0.2, 0.25) is 15.7 Å². The van der Waals surface area contributed by atoms with Crippen molar-refractivity contribution in [2.75, 3.05) is 45.9 Å². The molecule has 2 unspecified atom stereocenters. The van der Waals surface area contributed by atoms with Crippen molar-refractivity contribution in [3.8, 4) is 0 Å². The monoisotopic (exact) mass is 451 g/mol. The number of likely N-dealkylation sites (tertiary alicyclic amines) is 1. The second-order valence-electron chi connectivity index (χ2n) is 8.62. The van der Waals surface area contributed by atoms with Crippen molar-refractivity contribution in [1.29, 1.82) is 0 Å². The van der Waals surface area contributed by atoms with Gasteiger partial charge < -0.3 is 20.7 Å². The first-order valence-electron chi connectivity index (χ1n) is 11.2. The normalized spacial score (nSPS) is 28.4. The van der Waals surface area contributed by atoms with E-state index < -0.39 is 15.2 Å². The van der Waals surface area contributed by atoms with Gasteiger partial charge >= 0.3 is 0 Å². The Balaban J connectivity index is 1.51. The smallest absolute Gasteiger partial charge is 0.227 e. The number of hydrogen-bond acceptors (Lipinski definition) is 8. The number of sulfone groups is 1. The zero-order chi connectivity index (χ0) is 21.8. The zero-order valence-electron chi connectivity index (χ0n) is 17.9. The Bertz CT molecular complexity index is 874. The molecule has 3 N–H and O–H groups in total. The number of piperidine rings is 2. The molecule has 0 bridgehead atoms. The molecule has 0 aromatic carbocycles. The molecular weight excluding hydrogens is 418 g/mol.